The molecule has 1 aliphatic heterocycles. The molecule has 0 aromatic rings. The molecule has 4 nitrogen and oxygen atoms in total. The first kappa shape index (κ1) is 14.5. The summed E-state index contributed by atoms with van der Waals surface area (Å²) in [5.74, 6) is 1.45. The Morgan fingerprint density at radius 3 is 2.65 bits per heavy atom. The van der Waals surface area contributed by atoms with Crippen LogP contribution in [-0.2, 0) is 4.79 Å². The van der Waals surface area contributed by atoms with E-state index in [1.165, 1.54) is 6.42 Å². The Kier molecular flexibility index (Phi) is 5.40. The van der Waals surface area contributed by atoms with Crippen LogP contribution in [0.3, 0.4) is 0 Å². The van der Waals surface area contributed by atoms with Crippen LogP contribution < -0.4 is 11.1 Å². The van der Waals surface area contributed by atoms with Crippen LogP contribution in [0.2, 0.25) is 0 Å². The molecule has 0 saturated carbocycles. The van der Waals surface area contributed by atoms with Gasteiger partial charge in [0.05, 0.1) is 0 Å². The third-order valence-corrected chi connectivity index (χ3v) is 4.08. The Morgan fingerprint density at radius 1 is 1.47 bits per heavy atom. The van der Waals surface area contributed by atoms with E-state index in [9.17, 15) is 4.79 Å². The molecule has 1 amide bonds. The number of hydrogen-bond acceptors (Lipinski definition) is 3. The molecule has 0 spiro atoms. The van der Waals surface area contributed by atoms with Crippen LogP contribution in [0, 0.1) is 11.8 Å². The quantitative estimate of drug-likeness (QED) is 0.766. The van der Waals surface area contributed by atoms with Crippen LogP contribution in [0.1, 0.15) is 33.6 Å². The summed E-state index contributed by atoms with van der Waals surface area (Å²) in [5.41, 5.74) is 5.84. The number of likely N-dealkylation sites (tertiary alicyclic amines) is 1. The van der Waals surface area contributed by atoms with E-state index >= 15 is 0 Å². The van der Waals surface area contributed by atoms with Crippen molar-refractivity contribution < 1.29 is 4.79 Å². The van der Waals surface area contributed by atoms with Gasteiger partial charge in [-0.1, -0.05) is 13.8 Å². The fourth-order valence-electron chi connectivity index (χ4n) is 2.89. The fraction of sp³-hybridized carbons (Fsp3) is 0.923. The number of nitrogens with two attached hydrogens (primary N) is 1. The number of piperidine rings is 1. The Balaban J connectivity index is 2.68. The average Bonchev–Trinajstić information content (AvgIpc) is 2.30. The smallest absolute Gasteiger partial charge is 0.221 e. The molecule has 100 valence electrons. The number of carbonyl (C=O) groups is 1. The number of amides is 1. The topological polar surface area (TPSA) is 58.4 Å². The van der Waals surface area contributed by atoms with Crippen molar-refractivity contribution in [3.63, 3.8) is 0 Å². The molecule has 0 aliphatic carbocycles. The molecular formula is C13H27N3O. The molecular weight excluding hydrogens is 214 g/mol. The van der Waals surface area contributed by atoms with Crippen LogP contribution >= 0.6 is 0 Å². The second kappa shape index (κ2) is 6.36. The van der Waals surface area contributed by atoms with Gasteiger partial charge in [0, 0.05) is 38.6 Å². The van der Waals surface area contributed by atoms with Gasteiger partial charge < -0.3 is 11.1 Å². The van der Waals surface area contributed by atoms with Gasteiger partial charge in [0.15, 0.2) is 0 Å². The van der Waals surface area contributed by atoms with Gasteiger partial charge in [-0.25, -0.2) is 0 Å². The molecule has 4 heteroatoms. The van der Waals surface area contributed by atoms with E-state index in [-0.39, 0.29) is 11.9 Å². The molecule has 1 rings (SSSR count). The van der Waals surface area contributed by atoms with E-state index in [4.69, 9.17) is 5.73 Å². The number of nitrogens with one attached hydrogen (secondary N) is 1. The van der Waals surface area contributed by atoms with Gasteiger partial charge in [0.1, 0.15) is 0 Å². The maximum Gasteiger partial charge on any atom is 0.221 e. The third-order valence-electron chi connectivity index (χ3n) is 4.08. The molecule has 1 aliphatic rings. The van der Waals surface area contributed by atoms with Gasteiger partial charge >= 0.3 is 0 Å². The Morgan fingerprint density at radius 2 is 2.12 bits per heavy atom. The Bertz CT molecular complexity index is 257. The van der Waals surface area contributed by atoms with E-state index in [0.717, 1.165) is 6.54 Å². The van der Waals surface area contributed by atoms with Crippen LogP contribution in [0.25, 0.3) is 0 Å². The molecule has 0 aromatic carbocycles. The molecule has 0 aromatic heterocycles. The SMILES string of the molecule is CNC(=O)CC(CN)N1CC(C)CC(C)C1C. The molecule has 4 unspecified atom stereocenters. The first-order valence-electron chi connectivity index (χ1n) is 6.66. The molecule has 17 heavy (non-hydrogen) atoms. The van der Waals surface area contributed by atoms with Gasteiger partial charge in [0.2, 0.25) is 5.91 Å². The molecule has 1 saturated heterocycles. The third kappa shape index (κ3) is 3.68. The van der Waals surface area contributed by atoms with Crippen molar-refractivity contribution in [2.75, 3.05) is 20.1 Å². The molecule has 0 bridgehead atoms. The zero-order valence-electron chi connectivity index (χ0n) is 11.6. The average molecular weight is 241 g/mol. The van der Waals surface area contributed by atoms with Gasteiger partial charge in [-0.15, -0.1) is 0 Å². The van der Waals surface area contributed by atoms with Gasteiger partial charge in [-0.3, -0.25) is 9.69 Å². The monoisotopic (exact) mass is 241 g/mol. The largest absolute Gasteiger partial charge is 0.359 e. The van der Waals surface area contributed by atoms with Crippen LogP contribution in [0.5, 0.6) is 0 Å². The Hall–Kier alpha value is -0.610. The van der Waals surface area contributed by atoms with E-state index in [2.05, 4.69) is 31.0 Å². The zero-order valence-corrected chi connectivity index (χ0v) is 11.6. The number of hydrogen-bond donors (Lipinski definition) is 2. The highest BCUT2D eigenvalue weighted by Gasteiger charge is 2.33. The summed E-state index contributed by atoms with van der Waals surface area (Å²) in [6, 6.07) is 0.694. The number of nitrogens with zero attached hydrogens (tertiary/aromatic N) is 1. The van der Waals surface area contributed by atoms with Crippen molar-refractivity contribution in [3.05, 3.63) is 0 Å². The molecule has 1 fully saturated rings. The highest BCUT2D eigenvalue weighted by molar-refractivity contribution is 5.76. The summed E-state index contributed by atoms with van der Waals surface area (Å²) in [5, 5.41) is 2.68. The summed E-state index contributed by atoms with van der Waals surface area (Å²) in [6.45, 7) is 8.44. The van der Waals surface area contributed by atoms with E-state index < -0.39 is 0 Å². The minimum atomic E-state index is 0.0820. The lowest BCUT2D eigenvalue weighted by atomic mass is 9.84. The second-order valence-corrected chi connectivity index (χ2v) is 5.52. The van der Waals surface area contributed by atoms with Crippen LogP contribution in [0.15, 0.2) is 0 Å². The summed E-state index contributed by atoms with van der Waals surface area (Å²) < 4.78 is 0. The molecule has 1 heterocycles. The van der Waals surface area contributed by atoms with Gasteiger partial charge in [0.25, 0.3) is 0 Å². The molecule has 0 radical (unpaired) electrons. The van der Waals surface area contributed by atoms with Crippen molar-refractivity contribution in [2.45, 2.75) is 45.7 Å². The zero-order chi connectivity index (χ0) is 13.0. The first-order valence-corrected chi connectivity index (χ1v) is 6.66. The van der Waals surface area contributed by atoms with Crippen molar-refractivity contribution in [1.29, 1.82) is 0 Å². The lowest BCUT2D eigenvalue weighted by molar-refractivity contribution is -0.122. The van der Waals surface area contributed by atoms with Crippen molar-refractivity contribution in [1.82, 2.24) is 10.2 Å². The lowest BCUT2D eigenvalue weighted by Crippen LogP contribution is -2.54. The summed E-state index contributed by atoms with van der Waals surface area (Å²) >= 11 is 0. The van der Waals surface area contributed by atoms with Crippen LogP contribution in [-0.4, -0.2) is 43.0 Å². The van der Waals surface area contributed by atoms with Crippen molar-refractivity contribution in [3.8, 4) is 0 Å². The van der Waals surface area contributed by atoms with E-state index in [1.807, 2.05) is 0 Å². The van der Waals surface area contributed by atoms with Gasteiger partial charge in [-0.05, 0) is 25.2 Å². The fourth-order valence-corrected chi connectivity index (χ4v) is 2.89. The highest BCUT2D eigenvalue weighted by Crippen LogP contribution is 2.28. The summed E-state index contributed by atoms with van der Waals surface area (Å²) in [7, 11) is 1.68. The Labute approximate surface area is 105 Å². The maximum atomic E-state index is 11.5. The highest BCUT2D eigenvalue weighted by atomic mass is 16.1. The lowest BCUT2D eigenvalue weighted by Gasteiger charge is -2.45. The van der Waals surface area contributed by atoms with Gasteiger partial charge in [-0.2, -0.15) is 0 Å². The predicted octanol–water partition coefficient (Wildman–Crippen LogP) is 0.816. The first-order chi connectivity index (χ1) is 7.99. The second-order valence-electron chi connectivity index (χ2n) is 5.52. The number of rotatable bonds is 4. The molecule has 4 atom stereocenters. The predicted molar refractivity (Wildman–Crippen MR) is 70.6 cm³/mol. The maximum absolute atomic E-state index is 11.5. The minimum absolute atomic E-state index is 0.0820. The normalized spacial score (nSPS) is 32.2. The van der Waals surface area contributed by atoms with Crippen LogP contribution in [0.4, 0.5) is 0 Å². The summed E-state index contributed by atoms with van der Waals surface area (Å²) in [4.78, 5) is 13.9. The van der Waals surface area contributed by atoms with Crippen molar-refractivity contribution >= 4 is 5.91 Å². The molecule has 3 N–H and O–H groups in total. The van der Waals surface area contributed by atoms with E-state index in [1.54, 1.807) is 7.05 Å². The minimum Gasteiger partial charge on any atom is -0.359 e. The van der Waals surface area contributed by atoms with Crippen molar-refractivity contribution in [2.24, 2.45) is 17.6 Å². The summed E-state index contributed by atoms with van der Waals surface area (Å²) in [6.07, 6.45) is 1.78. The van der Waals surface area contributed by atoms with E-state index in [0.29, 0.717) is 30.8 Å². The number of carbonyl (C=O) groups excluding carboxylic acids is 1. The standard InChI is InChI=1S/C13H27N3O/c1-9-5-10(2)11(3)16(8-9)12(7-14)6-13(17)15-4/h9-12H,5-8,14H2,1-4H3,(H,15,17).